The number of carbonyl (C=O) groups is 1. The van der Waals surface area contributed by atoms with Gasteiger partial charge in [0.2, 0.25) is 0 Å². The van der Waals surface area contributed by atoms with Crippen molar-refractivity contribution in [3.05, 3.63) is 75.2 Å². The second-order valence-corrected chi connectivity index (χ2v) is 8.93. The van der Waals surface area contributed by atoms with Crippen molar-refractivity contribution in [2.24, 2.45) is 5.92 Å². The summed E-state index contributed by atoms with van der Waals surface area (Å²) in [5, 5.41) is 7.05. The van der Waals surface area contributed by atoms with Crippen LogP contribution in [-0.2, 0) is 22.5 Å². The highest BCUT2D eigenvalue weighted by atomic mass is 35.5. The molecule has 0 spiro atoms. The van der Waals surface area contributed by atoms with Crippen LogP contribution in [0.3, 0.4) is 0 Å². The van der Waals surface area contributed by atoms with Gasteiger partial charge in [0.25, 0.3) is 5.56 Å². The standard InChI is InChI=1S/C25H28ClN3O3/c1-17(25(31)32-2)15-28-13-5-6-20(28)16-29-24(30)22-8-4-3-7-21(22)23(27-29)14-18-9-11-19(26)12-10-18/h3-4,7-12,17,20H,5-6,13-16H2,1-2H3/t17?,20-/m1/s1. The molecule has 0 aliphatic carbocycles. The molecule has 0 radical (unpaired) electrons. The number of aromatic nitrogens is 2. The Labute approximate surface area is 192 Å². The molecule has 1 aliphatic heterocycles. The monoisotopic (exact) mass is 453 g/mol. The van der Waals surface area contributed by atoms with Gasteiger partial charge in [-0.3, -0.25) is 14.5 Å². The number of hydrogen-bond donors (Lipinski definition) is 0. The van der Waals surface area contributed by atoms with Crippen molar-refractivity contribution >= 4 is 28.3 Å². The molecule has 1 unspecified atom stereocenters. The molecule has 1 saturated heterocycles. The number of benzene rings is 2. The number of halogens is 1. The molecule has 4 rings (SSSR count). The van der Waals surface area contributed by atoms with Crippen molar-refractivity contribution in [3.8, 4) is 0 Å². The predicted molar refractivity (Wildman–Crippen MR) is 126 cm³/mol. The molecule has 1 aliphatic rings. The van der Waals surface area contributed by atoms with Crippen LogP contribution in [0.4, 0.5) is 0 Å². The van der Waals surface area contributed by atoms with Gasteiger partial charge in [0.15, 0.2) is 0 Å². The summed E-state index contributed by atoms with van der Waals surface area (Å²) in [5.74, 6) is -0.413. The summed E-state index contributed by atoms with van der Waals surface area (Å²) in [4.78, 5) is 27.4. The van der Waals surface area contributed by atoms with E-state index in [4.69, 9.17) is 21.4 Å². The van der Waals surface area contributed by atoms with E-state index in [2.05, 4.69) is 4.90 Å². The van der Waals surface area contributed by atoms with Gasteiger partial charge in [0.1, 0.15) is 0 Å². The molecule has 3 aromatic rings. The minimum Gasteiger partial charge on any atom is -0.469 e. The van der Waals surface area contributed by atoms with Gasteiger partial charge in [-0.25, -0.2) is 4.68 Å². The fraction of sp³-hybridized carbons (Fsp3) is 0.400. The van der Waals surface area contributed by atoms with E-state index < -0.39 is 0 Å². The Morgan fingerprint density at radius 3 is 2.62 bits per heavy atom. The van der Waals surface area contributed by atoms with Crippen LogP contribution in [0.5, 0.6) is 0 Å². The lowest BCUT2D eigenvalue weighted by Gasteiger charge is -2.27. The molecule has 0 saturated carbocycles. The zero-order chi connectivity index (χ0) is 22.7. The van der Waals surface area contributed by atoms with Crippen molar-refractivity contribution < 1.29 is 9.53 Å². The molecule has 0 amide bonds. The van der Waals surface area contributed by atoms with Gasteiger partial charge < -0.3 is 4.74 Å². The van der Waals surface area contributed by atoms with E-state index in [1.807, 2.05) is 55.5 Å². The Kier molecular flexibility index (Phi) is 6.92. The molecule has 32 heavy (non-hydrogen) atoms. The maximum absolute atomic E-state index is 13.2. The molecular formula is C25H28ClN3O3. The molecule has 1 fully saturated rings. The SMILES string of the molecule is COC(=O)C(C)CN1CCC[C@@H]1Cn1nc(Cc2ccc(Cl)cc2)c2ccccc2c1=O. The summed E-state index contributed by atoms with van der Waals surface area (Å²) in [6.45, 7) is 3.92. The fourth-order valence-electron chi connectivity index (χ4n) is 4.52. The Balaban J connectivity index is 1.63. The predicted octanol–water partition coefficient (Wildman–Crippen LogP) is 3.91. The van der Waals surface area contributed by atoms with E-state index in [0.29, 0.717) is 29.9 Å². The summed E-state index contributed by atoms with van der Waals surface area (Å²) >= 11 is 6.03. The molecule has 2 heterocycles. The Hall–Kier alpha value is -2.70. The lowest BCUT2D eigenvalue weighted by molar-refractivity contribution is -0.145. The fourth-order valence-corrected chi connectivity index (χ4v) is 4.65. The summed E-state index contributed by atoms with van der Waals surface area (Å²) in [6.07, 6.45) is 2.63. The van der Waals surface area contributed by atoms with E-state index in [1.54, 1.807) is 4.68 Å². The summed E-state index contributed by atoms with van der Waals surface area (Å²) in [6, 6.07) is 15.5. The van der Waals surface area contributed by atoms with Crippen LogP contribution >= 0.6 is 11.6 Å². The average Bonchev–Trinajstić information content (AvgIpc) is 3.24. The smallest absolute Gasteiger partial charge is 0.309 e. The zero-order valence-corrected chi connectivity index (χ0v) is 19.2. The Bertz CT molecular complexity index is 1160. The maximum Gasteiger partial charge on any atom is 0.309 e. The minimum absolute atomic E-state index is 0.0756. The molecule has 0 N–H and O–H groups in total. The number of methoxy groups -OCH3 is 1. The van der Waals surface area contributed by atoms with E-state index in [-0.39, 0.29) is 23.5 Å². The number of rotatable bonds is 7. The van der Waals surface area contributed by atoms with Gasteiger partial charge in [0, 0.05) is 29.4 Å². The normalized spacial score (nSPS) is 17.5. The molecule has 2 aromatic carbocycles. The van der Waals surface area contributed by atoms with Crippen LogP contribution in [0.15, 0.2) is 53.3 Å². The van der Waals surface area contributed by atoms with E-state index in [9.17, 15) is 9.59 Å². The summed E-state index contributed by atoms with van der Waals surface area (Å²) in [5.41, 5.74) is 1.88. The maximum atomic E-state index is 13.2. The van der Waals surface area contributed by atoms with Gasteiger partial charge in [-0.1, -0.05) is 48.9 Å². The van der Waals surface area contributed by atoms with Crippen LogP contribution in [0.25, 0.3) is 10.8 Å². The summed E-state index contributed by atoms with van der Waals surface area (Å²) < 4.78 is 6.49. The number of hydrogen-bond acceptors (Lipinski definition) is 5. The molecular weight excluding hydrogens is 426 g/mol. The van der Waals surface area contributed by atoms with Gasteiger partial charge in [0.05, 0.1) is 30.7 Å². The van der Waals surface area contributed by atoms with Gasteiger partial charge in [-0.15, -0.1) is 0 Å². The minimum atomic E-state index is -0.207. The molecule has 6 nitrogen and oxygen atoms in total. The number of carbonyl (C=O) groups excluding carboxylic acids is 1. The first-order chi connectivity index (χ1) is 15.5. The van der Waals surface area contributed by atoms with Crippen molar-refractivity contribution in [2.75, 3.05) is 20.2 Å². The molecule has 1 aromatic heterocycles. The number of ether oxygens (including phenoxy) is 1. The first kappa shape index (κ1) is 22.5. The highest BCUT2D eigenvalue weighted by Gasteiger charge is 2.29. The number of esters is 1. The second-order valence-electron chi connectivity index (χ2n) is 8.50. The zero-order valence-electron chi connectivity index (χ0n) is 18.5. The second kappa shape index (κ2) is 9.84. The van der Waals surface area contributed by atoms with E-state index in [0.717, 1.165) is 36.0 Å². The quantitative estimate of drug-likeness (QED) is 0.507. The van der Waals surface area contributed by atoms with Crippen LogP contribution < -0.4 is 5.56 Å². The lowest BCUT2D eigenvalue weighted by Crippen LogP contribution is -2.40. The lowest BCUT2D eigenvalue weighted by atomic mass is 10.0. The van der Waals surface area contributed by atoms with Crippen LogP contribution in [0.2, 0.25) is 5.02 Å². The van der Waals surface area contributed by atoms with E-state index in [1.165, 1.54) is 7.11 Å². The van der Waals surface area contributed by atoms with Gasteiger partial charge >= 0.3 is 5.97 Å². The first-order valence-corrected chi connectivity index (χ1v) is 11.4. The van der Waals surface area contributed by atoms with Crippen molar-refractivity contribution in [3.63, 3.8) is 0 Å². The third-order valence-corrected chi connectivity index (χ3v) is 6.48. The number of likely N-dealkylation sites (tertiary alicyclic amines) is 1. The average molecular weight is 454 g/mol. The van der Waals surface area contributed by atoms with Crippen molar-refractivity contribution in [2.45, 2.75) is 38.8 Å². The Morgan fingerprint density at radius 1 is 1.19 bits per heavy atom. The third-order valence-electron chi connectivity index (χ3n) is 6.22. The third kappa shape index (κ3) is 4.87. The first-order valence-electron chi connectivity index (χ1n) is 11.0. The van der Waals surface area contributed by atoms with Crippen LogP contribution in [-0.4, -0.2) is 46.9 Å². The summed E-state index contributed by atoms with van der Waals surface area (Å²) in [7, 11) is 1.42. The topological polar surface area (TPSA) is 64.4 Å². The highest BCUT2D eigenvalue weighted by Crippen LogP contribution is 2.22. The number of nitrogens with zero attached hydrogens (tertiary/aromatic N) is 3. The Morgan fingerprint density at radius 2 is 1.91 bits per heavy atom. The largest absolute Gasteiger partial charge is 0.469 e. The molecule has 0 bridgehead atoms. The molecule has 168 valence electrons. The van der Waals surface area contributed by atoms with Gasteiger partial charge in [-0.05, 0) is 43.1 Å². The molecule has 7 heteroatoms. The van der Waals surface area contributed by atoms with Crippen LogP contribution in [0, 0.1) is 5.92 Å². The van der Waals surface area contributed by atoms with Gasteiger partial charge in [-0.2, -0.15) is 5.10 Å². The van der Waals surface area contributed by atoms with Crippen molar-refractivity contribution in [1.29, 1.82) is 0 Å². The van der Waals surface area contributed by atoms with E-state index >= 15 is 0 Å². The molecule has 2 atom stereocenters. The highest BCUT2D eigenvalue weighted by molar-refractivity contribution is 6.30. The van der Waals surface area contributed by atoms with Crippen molar-refractivity contribution in [1.82, 2.24) is 14.7 Å². The van der Waals surface area contributed by atoms with Crippen LogP contribution in [0.1, 0.15) is 31.0 Å². The number of fused-ring (bicyclic) bond motifs is 1.